The van der Waals surface area contributed by atoms with Crippen molar-refractivity contribution >= 4 is 101 Å². The minimum absolute atomic E-state index is 0.0777. The average Bonchev–Trinajstić information content (AvgIpc) is 1.43. The maximum absolute atomic E-state index is 2.79. The number of aromatic nitrogens is 2. The number of anilines is 6. The van der Waals surface area contributed by atoms with Gasteiger partial charge >= 0.3 is 0 Å². The molecule has 0 amide bonds. The van der Waals surface area contributed by atoms with Crippen LogP contribution >= 0.6 is 0 Å². The Balaban J connectivity index is 1.08. The molecule has 4 nitrogen and oxygen atoms in total. The first kappa shape index (κ1) is 76.6. The zero-order chi connectivity index (χ0) is 82.1. The second-order valence-corrected chi connectivity index (χ2v) is 40.8. The van der Waals surface area contributed by atoms with Crippen molar-refractivity contribution < 1.29 is 0 Å². The van der Waals surface area contributed by atoms with E-state index in [2.05, 4.69) is 456 Å². The molecule has 0 atom stereocenters. The molecule has 0 spiro atoms. The van der Waals surface area contributed by atoms with E-state index in [1.54, 1.807) is 0 Å². The van der Waals surface area contributed by atoms with E-state index < -0.39 is 0 Å². The van der Waals surface area contributed by atoms with Crippen molar-refractivity contribution in [2.75, 3.05) is 9.80 Å². The van der Waals surface area contributed by atoms with Gasteiger partial charge in [-0.2, -0.15) is 0 Å². The fourth-order valence-corrected chi connectivity index (χ4v) is 18.5. The van der Waals surface area contributed by atoms with Crippen LogP contribution in [0.4, 0.5) is 34.1 Å². The number of hydrogen-bond acceptors (Lipinski definition) is 2. The molecule has 14 aromatic carbocycles. The summed E-state index contributed by atoms with van der Waals surface area (Å²) >= 11 is 0. The van der Waals surface area contributed by atoms with Gasteiger partial charge in [0.05, 0.1) is 33.4 Å². The maximum atomic E-state index is 2.79. The van der Waals surface area contributed by atoms with Gasteiger partial charge in [0, 0.05) is 72.4 Å². The molecule has 0 saturated carbocycles. The fourth-order valence-electron chi connectivity index (χ4n) is 18.5. The molecular weight excluding hydrogens is 1410 g/mol. The summed E-state index contributed by atoms with van der Waals surface area (Å²) in [7, 11) is 0. The van der Waals surface area contributed by atoms with Crippen LogP contribution in [0.2, 0.25) is 0 Å². The molecule has 2 aromatic heterocycles. The Morgan fingerprint density at radius 3 is 1.04 bits per heavy atom. The van der Waals surface area contributed by atoms with Gasteiger partial charge in [-0.15, -0.1) is 0 Å². The second-order valence-electron chi connectivity index (χ2n) is 40.8. The third kappa shape index (κ3) is 13.3. The van der Waals surface area contributed by atoms with E-state index >= 15 is 0 Å². The van der Waals surface area contributed by atoms with E-state index in [-0.39, 0.29) is 44.6 Å². The van der Waals surface area contributed by atoms with Crippen LogP contribution in [0.3, 0.4) is 0 Å². The van der Waals surface area contributed by atoms with Crippen LogP contribution in [-0.2, 0) is 37.9 Å². The van der Waals surface area contributed by atoms with Gasteiger partial charge in [0.1, 0.15) is 0 Å². The number of nitrogens with zero attached hydrogens (tertiary/aromatic N) is 4. The first-order chi connectivity index (χ1) is 55.4. The van der Waals surface area contributed by atoms with Gasteiger partial charge in [0.15, 0.2) is 0 Å². The van der Waals surface area contributed by atoms with E-state index in [9.17, 15) is 0 Å². The van der Waals surface area contributed by atoms with E-state index in [1.807, 2.05) is 0 Å². The fraction of sp³-hybridized carbons (Fsp3) is 0.250. The van der Waals surface area contributed by atoms with Crippen LogP contribution in [0.25, 0.3) is 111 Å². The summed E-state index contributed by atoms with van der Waals surface area (Å²) in [5.74, 6) is 0. The summed E-state index contributed by atoms with van der Waals surface area (Å²) in [6.07, 6.45) is 0. The lowest BCUT2D eigenvalue weighted by Crippen LogP contribution is -2.61. The maximum Gasteiger partial charge on any atom is 0.252 e. The molecule has 2 aliphatic rings. The van der Waals surface area contributed by atoms with Gasteiger partial charge in [0.25, 0.3) is 6.71 Å². The minimum atomic E-state index is -0.289. The molecule has 4 heterocycles. The van der Waals surface area contributed by atoms with E-state index in [0.29, 0.717) is 0 Å². The predicted octanol–water partition coefficient (Wildman–Crippen LogP) is 29.4. The lowest BCUT2D eigenvalue weighted by Gasteiger charge is -2.46. The molecule has 0 saturated heterocycles. The highest BCUT2D eigenvalue weighted by molar-refractivity contribution is 7.00. The second kappa shape index (κ2) is 27.5. The smallest absolute Gasteiger partial charge is 0.252 e. The topological polar surface area (TPSA) is 16.3 Å². The van der Waals surface area contributed by atoms with Crippen LogP contribution in [0.1, 0.15) is 184 Å². The SMILES string of the molecule is CC(C)(C)c1cc(-c2ccc3c(c2)N(c2c(-c4ccccc4)cc(C(C)(C)C)cc2-c2ccccc2)c2cc(-c4cc(C(C)(C)C)cc(C(C)(C)C)c4)cc4c2B3c2ccc(-n3c5ccc(C(C)(C)C)cc5c5cc(C(C)(C)C)ccc53)cc2N4c2c(-c3ccccc3)ccc3c2c2ccccc2n3-c2ccccc2)cc(C(C)(C)C)c1. The molecule has 0 unspecified atom stereocenters. The largest absolute Gasteiger partial charge is 0.310 e. The molecule has 0 N–H and O–H groups in total. The highest BCUT2D eigenvalue weighted by Gasteiger charge is 2.47. The summed E-state index contributed by atoms with van der Waals surface area (Å²) in [6.45, 7) is 49.4. The Bertz CT molecular complexity index is 6440. The molecule has 0 fully saturated rings. The molecule has 18 rings (SSSR count). The number of benzene rings is 14. The van der Waals surface area contributed by atoms with Crippen LogP contribution in [0, 0.1) is 0 Å². The lowest BCUT2D eigenvalue weighted by atomic mass is 9.33. The number of para-hydroxylation sites is 2. The Kier molecular flexibility index (Phi) is 18.0. The minimum Gasteiger partial charge on any atom is -0.310 e. The number of fused-ring (bicyclic) bond motifs is 10. The van der Waals surface area contributed by atoms with Gasteiger partial charge in [-0.05, 0) is 223 Å². The zero-order valence-electron chi connectivity index (χ0n) is 72.6. The first-order valence-corrected chi connectivity index (χ1v) is 42.4. The molecule has 16 aromatic rings. The summed E-state index contributed by atoms with van der Waals surface area (Å²) in [6, 6.07) is 114. The van der Waals surface area contributed by atoms with Crippen LogP contribution in [0.15, 0.2) is 291 Å². The lowest BCUT2D eigenvalue weighted by molar-refractivity contribution is 0.568. The quantitative estimate of drug-likeness (QED) is 0.134. The van der Waals surface area contributed by atoms with Gasteiger partial charge in [-0.1, -0.05) is 346 Å². The van der Waals surface area contributed by atoms with Crippen molar-refractivity contribution in [2.24, 2.45) is 0 Å². The van der Waals surface area contributed by atoms with E-state index in [0.717, 1.165) is 84.3 Å². The van der Waals surface area contributed by atoms with Crippen molar-refractivity contribution in [3.63, 3.8) is 0 Å². The molecule has 0 aliphatic carbocycles. The molecule has 2 aliphatic heterocycles. The standard InChI is InChI=1S/C112H111BN4/c1-106(2,3)77-47-53-95-90(65-77)91-66-78(107(4,5)6)48-54-96(91)115(95)85-49-52-93-99(69-85)117(105-86(70-36-26-22-27-37-70)50-55-97-102(105)87-44-34-35-45-94(87)114(97)84-42-32-25-33-43-84)101-62-76(75-58-81(110(13,14)15)64-82(59-75)111(16,17)18)61-100-103(101)113(93)92-51-46-73(74-56-79(108(7,8)9)63-80(57-74)109(10,11)12)60-98(92)116(100)104-88(71-38-28-23-29-39-71)67-83(112(19,20)21)68-89(104)72-40-30-24-31-41-72/h22-69H,1-21H3. The molecule has 0 bridgehead atoms. The third-order valence-corrected chi connectivity index (χ3v) is 25.3. The van der Waals surface area contributed by atoms with Crippen molar-refractivity contribution in [2.45, 2.75) is 183 Å². The molecule has 582 valence electrons. The molecule has 117 heavy (non-hydrogen) atoms. The third-order valence-electron chi connectivity index (χ3n) is 25.3. The number of hydrogen-bond donors (Lipinski definition) is 0. The highest BCUT2D eigenvalue weighted by Crippen LogP contribution is 2.57. The molecule has 0 radical (unpaired) electrons. The predicted molar refractivity (Wildman–Crippen MR) is 507 cm³/mol. The van der Waals surface area contributed by atoms with Gasteiger partial charge in [-0.25, -0.2) is 0 Å². The van der Waals surface area contributed by atoms with Crippen molar-refractivity contribution in [3.8, 4) is 67.0 Å². The highest BCUT2D eigenvalue weighted by atomic mass is 15.2. The summed E-state index contributed by atoms with van der Waals surface area (Å²) in [5, 5.41) is 4.87. The molecular formula is C112H111BN4. The van der Waals surface area contributed by atoms with Crippen LogP contribution < -0.4 is 26.2 Å². The van der Waals surface area contributed by atoms with E-state index in [1.165, 1.54) is 116 Å². The van der Waals surface area contributed by atoms with Crippen LogP contribution in [-0.4, -0.2) is 15.8 Å². The Hall–Kier alpha value is -11.7. The van der Waals surface area contributed by atoms with Gasteiger partial charge < -0.3 is 18.9 Å². The Labute approximate surface area is 695 Å². The molecule has 5 heteroatoms. The van der Waals surface area contributed by atoms with Crippen molar-refractivity contribution in [1.82, 2.24) is 9.13 Å². The van der Waals surface area contributed by atoms with Crippen molar-refractivity contribution in [3.05, 3.63) is 330 Å². The zero-order valence-corrected chi connectivity index (χ0v) is 72.6. The normalized spacial score (nSPS) is 13.5. The Morgan fingerprint density at radius 2 is 0.573 bits per heavy atom. The summed E-state index contributed by atoms with van der Waals surface area (Å²) < 4.78 is 5.10. The van der Waals surface area contributed by atoms with E-state index in [4.69, 9.17) is 0 Å². The summed E-state index contributed by atoms with van der Waals surface area (Å²) in [4.78, 5) is 5.56. The summed E-state index contributed by atoms with van der Waals surface area (Å²) in [5.41, 5.74) is 37.2. The van der Waals surface area contributed by atoms with Crippen LogP contribution in [0.5, 0.6) is 0 Å². The Morgan fingerprint density at radius 1 is 0.214 bits per heavy atom. The number of rotatable bonds is 9. The monoisotopic (exact) mass is 1520 g/mol. The van der Waals surface area contributed by atoms with Gasteiger partial charge in [0.2, 0.25) is 0 Å². The first-order valence-electron chi connectivity index (χ1n) is 42.4. The van der Waals surface area contributed by atoms with Gasteiger partial charge in [-0.3, -0.25) is 0 Å². The van der Waals surface area contributed by atoms with Crippen molar-refractivity contribution in [1.29, 1.82) is 0 Å². The average molecular weight is 1520 g/mol.